The number of hydrogen-bond acceptors (Lipinski definition) is 14. The minimum atomic E-state index is -1.68. The van der Waals surface area contributed by atoms with Crippen molar-refractivity contribution in [3.8, 4) is 0 Å². The fraction of sp³-hybridized carbons (Fsp3) is 0.723. The van der Waals surface area contributed by atoms with Gasteiger partial charge < -0.3 is 74.8 Å². The summed E-state index contributed by atoms with van der Waals surface area (Å²) in [7, 11) is 0. The molecule has 0 spiro atoms. The van der Waals surface area contributed by atoms with Crippen LogP contribution in [0.2, 0.25) is 0 Å². The first-order chi connectivity index (χ1) is 34.6. The highest BCUT2D eigenvalue weighted by Crippen LogP contribution is 2.21. The molecule has 0 bridgehead atoms. The lowest BCUT2D eigenvalue weighted by atomic mass is 10.00. The van der Waals surface area contributed by atoms with Gasteiger partial charge in [0.1, 0.15) is 48.3 Å². The molecule has 16 N–H and O–H groups in total. The molecule has 0 radical (unpaired) electrons. The molecule has 9 atom stereocenters. The third-order valence-electron chi connectivity index (χ3n) is 12.3. The zero-order valence-electron chi connectivity index (χ0n) is 43.1. The van der Waals surface area contributed by atoms with E-state index < -0.39 is 169 Å². The molecule has 0 aromatic rings. The smallest absolute Gasteiger partial charge is 0.326 e. The van der Waals surface area contributed by atoms with Crippen molar-refractivity contribution in [1.29, 1.82) is 0 Å². The van der Waals surface area contributed by atoms with Gasteiger partial charge in [0.2, 0.25) is 65.0 Å². The number of amides is 11. The van der Waals surface area contributed by atoms with Gasteiger partial charge in [0, 0.05) is 32.2 Å². The Morgan fingerprint density at radius 2 is 0.919 bits per heavy atom. The molecule has 2 heterocycles. The van der Waals surface area contributed by atoms with Gasteiger partial charge >= 0.3 is 11.9 Å². The van der Waals surface area contributed by atoms with Crippen molar-refractivity contribution in [2.45, 2.75) is 186 Å². The van der Waals surface area contributed by atoms with Crippen LogP contribution >= 0.6 is 0 Å². The summed E-state index contributed by atoms with van der Waals surface area (Å²) in [5.74, 6) is -13.1. The Morgan fingerprint density at radius 3 is 1.35 bits per heavy atom. The van der Waals surface area contributed by atoms with E-state index in [1.54, 1.807) is 13.8 Å². The Kier molecular flexibility index (Phi) is 26.4. The van der Waals surface area contributed by atoms with E-state index in [9.17, 15) is 72.5 Å². The first-order valence-corrected chi connectivity index (χ1v) is 25.1. The summed E-state index contributed by atoms with van der Waals surface area (Å²) in [5, 5.41) is 39.8. The normalized spacial score (nSPS) is 18.1. The van der Waals surface area contributed by atoms with E-state index >= 15 is 0 Å². The highest BCUT2D eigenvalue weighted by atomic mass is 16.4. The average Bonchev–Trinajstić information content (AvgIpc) is 4.03. The number of nitrogens with one attached hydrogen (secondary N) is 8. The maximum absolute atomic E-state index is 14.3. The number of nitrogens with two attached hydrogens (primary N) is 3. The number of likely N-dealkylation sites (tertiary alicyclic amines) is 1. The van der Waals surface area contributed by atoms with Gasteiger partial charge in [-0.2, -0.15) is 0 Å². The maximum Gasteiger partial charge on any atom is 0.326 e. The largest absolute Gasteiger partial charge is 0.481 e. The first kappa shape index (κ1) is 63.2. The van der Waals surface area contributed by atoms with Crippen LogP contribution in [0.5, 0.6) is 0 Å². The van der Waals surface area contributed by atoms with Crippen LogP contribution in [0.15, 0.2) is 0 Å². The standard InChI is InChI=1S/C47H78N12O15/c1-23(2)21-31(43(69)53-28(12-16-35(49)61)42(68)58-38(25(5)6)47(73)74)57-41(67)27(11-15-34(48)60)52-40(66)29(14-18-37(63)64)54-45(71)33-10-8-20-59(33)46(72)30(13-17-36(50)62)55-44(70)32(22-24(3)4)56-39(65)26-9-7-19-51-26/h23-33,38,51H,7-22H2,1-6H3,(H2,48,60)(H2,49,61)(H2,50,62)(H,52,66)(H,53,69)(H,54,71)(H,55,70)(H,56,65)(H,57,67)(H,58,68)(H,63,64)(H,73,74)/t26-,27-,28-,29-,30-,31-,32-,33-,38-/m0/s1. The Hall–Kier alpha value is -6.93. The number of carbonyl (C=O) groups is 13. The Balaban J connectivity index is 2.41. The molecule has 2 aliphatic rings. The van der Waals surface area contributed by atoms with Crippen molar-refractivity contribution in [1.82, 2.24) is 47.4 Å². The van der Waals surface area contributed by atoms with Crippen LogP contribution in [0.1, 0.15) is 131 Å². The van der Waals surface area contributed by atoms with Gasteiger partial charge in [-0.3, -0.25) is 57.5 Å². The number of hydrogen-bond donors (Lipinski definition) is 13. The lowest BCUT2D eigenvalue weighted by Gasteiger charge is -2.31. The van der Waals surface area contributed by atoms with Crippen LogP contribution in [0.4, 0.5) is 0 Å². The Labute approximate surface area is 429 Å². The number of carboxylic acid groups (broad SMARTS) is 2. The summed E-state index contributed by atoms with van der Waals surface area (Å²) in [4.78, 5) is 171. The molecular weight excluding hydrogens is 973 g/mol. The number of primary amides is 3. The molecule has 27 heteroatoms. The van der Waals surface area contributed by atoms with Crippen LogP contribution in [0.25, 0.3) is 0 Å². The zero-order chi connectivity index (χ0) is 56.0. The van der Waals surface area contributed by atoms with Crippen LogP contribution in [-0.2, 0) is 62.3 Å². The Morgan fingerprint density at radius 1 is 0.514 bits per heavy atom. The number of carboxylic acids is 2. The van der Waals surface area contributed by atoms with E-state index in [4.69, 9.17) is 17.2 Å². The highest BCUT2D eigenvalue weighted by molar-refractivity contribution is 5.99. The summed E-state index contributed by atoms with van der Waals surface area (Å²) in [6.45, 7) is 10.8. The second-order valence-corrected chi connectivity index (χ2v) is 20.0. The average molecular weight is 1050 g/mol. The summed E-state index contributed by atoms with van der Waals surface area (Å²) in [5.41, 5.74) is 16.1. The quantitative estimate of drug-likeness (QED) is 0.0305. The van der Waals surface area contributed by atoms with E-state index in [0.717, 1.165) is 11.3 Å². The van der Waals surface area contributed by atoms with Crippen LogP contribution in [-0.4, -0.2) is 159 Å². The zero-order valence-corrected chi connectivity index (χ0v) is 43.1. The van der Waals surface area contributed by atoms with Gasteiger partial charge in [0.15, 0.2) is 0 Å². The van der Waals surface area contributed by atoms with E-state index in [0.29, 0.717) is 13.0 Å². The fourth-order valence-electron chi connectivity index (χ4n) is 8.41. The van der Waals surface area contributed by atoms with Gasteiger partial charge in [-0.25, -0.2) is 4.79 Å². The van der Waals surface area contributed by atoms with Crippen molar-refractivity contribution < 1.29 is 72.5 Å². The van der Waals surface area contributed by atoms with Gasteiger partial charge in [0.05, 0.1) is 6.04 Å². The summed E-state index contributed by atoms with van der Waals surface area (Å²) in [6.07, 6.45) is -1.76. The molecule has 0 aromatic carbocycles. The number of carbonyl (C=O) groups excluding carboxylic acids is 11. The SMILES string of the molecule is CC(C)C[C@H](NC(=O)[C@H](CCC(N)=O)NC(=O)[C@H](CCC(=O)O)NC(=O)[C@@H]1CCCN1C(=O)[C@H](CCC(N)=O)NC(=O)[C@H](CC(C)C)NC(=O)[C@@H]1CCCN1)C(=O)N[C@@H](CCC(N)=O)C(=O)N[C@H](C(=O)O)C(C)C. The molecule has 2 aliphatic heterocycles. The van der Waals surface area contributed by atoms with Crippen molar-refractivity contribution in [2.75, 3.05) is 13.1 Å². The van der Waals surface area contributed by atoms with Gasteiger partial charge in [0.25, 0.3) is 0 Å². The van der Waals surface area contributed by atoms with Crippen molar-refractivity contribution in [2.24, 2.45) is 35.0 Å². The minimum absolute atomic E-state index is 0.0107. The van der Waals surface area contributed by atoms with Crippen LogP contribution < -0.4 is 59.7 Å². The van der Waals surface area contributed by atoms with Crippen molar-refractivity contribution in [3.63, 3.8) is 0 Å². The number of rotatable bonds is 33. The molecule has 27 nitrogen and oxygen atoms in total. The molecule has 416 valence electrons. The third-order valence-corrected chi connectivity index (χ3v) is 12.3. The van der Waals surface area contributed by atoms with Crippen LogP contribution in [0, 0.1) is 17.8 Å². The fourth-order valence-corrected chi connectivity index (χ4v) is 8.41. The molecule has 0 unspecified atom stereocenters. The predicted octanol–water partition coefficient (Wildman–Crippen LogP) is -3.38. The van der Waals surface area contributed by atoms with E-state index in [-0.39, 0.29) is 63.3 Å². The predicted molar refractivity (Wildman–Crippen MR) is 263 cm³/mol. The molecule has 74 heavy (non-hydrogen) atoms. The van der Waals surface area contributed by atoms with Gasteiger partial charge in [-0.15, -0.1) is 0 Å². The molecule has 11 amide bonds. The Bertz CT molecular complexity index is 2050. The first-order valence-electron chi connectivity index (χ1n) is 25.1. The molecule has 2 rings (SSSR count). The van der Waals surface area contributed by atoms with Crippen LogP contribution in [0.3, 0.4) is 0 Å². The van der Waals surface area contributed by atoms with Crippen molar-refractivity contribution in [3.05, 3.63) is 0 Å². The maximum atomic E-state index is 14.3. The van der Waals surface area contributed by atoms with Gasteiger partial charge in [-0.05, 0) is 88.5 Å². The van der Waals surface area contributed by atoms with Gasteiger partial charge in [-0.1, -0.05) is 41.5 Å². The molecular formula is C47H78N12O15. The minimum Gasteiger partial charge on any atom is -0.481 e. The molecule has 0 aromatic heterocycles. The van der Waals surface area contributed by atoms with E-state index in [1.165, 1.54) is 13.8 Å². The molecule has 2 saturated heterocycles. The monoisotopic (exact) mass is 1050 g/mol. The summed E-state index contributed by atoms with van der Waals surface area (Å²) in [6, 6.07) is -11.9. The van der Waals surface area contributed by atoms with Crippen molar-refractivity contribution >= 4 is 76.9 Å². The second kappa shape index (κ2) is 31.0. The number of aliphatic carboxylic acids is 2. The summed E-state index contributed by atoms with van der Waals surface area (Å²) < 4.78 is 0. The second-order valence-electron chi connectivity index (χ2n) is 20.0. The lowest BCUT2D eigenvalue weighted by Crippen LogP contribution is -2.60. The molecule has 0 saturated carbocycles. The highest BCUT2D eigenvalue weighted by Gasteiger charge is 2.41. The molecule has 2 fully saturated rings. The third kappa shape index (κ3) is 22.0. The topological polar surface area (TPSA) is 440 Å². The lowest BCUT2D eigenvalue weighted by molar-refractivity contribution is -0.143. The van der Waals surface area contributed by atoms with E-state index in [1.807, 2.05) is 13.8 Å². The van der Waals surface area contributed by atoms with E-state index in [2.05, 4.69) is 42.5 Å². The molecule has 0 aliphatic carbocycles. The summed E-state index contributed by atoms with van der Waals surface area (Å²) >= 11 is 0. The number of nitrogens with zero attached hydrogens (tertiary/aromatic N) is 1.